The predicted molar refractivity (Wildman–Crippen MR) is 185 cm³/mol. The molecule has 0 amide bonds. The lowest BCUT2D eigenvalue weighted by Gasteiger charge is -2.21. The van der Waals surface area contributed by atoms with E-state index in [1.807, 2.05) is 48.5 Å². The van der Waals surface area contributed by atoms with E-state index in [2.05, 4.69) is 55.6 Å². The van der Waals surface area contributed by atoms with Gasteiger partial charge in [0.2, 0.25) is 0 Å². The van der Waals surface area contributed by atoms with Crippen molar-refractivity contribution in [2.75, 3.05) is 0 Å². The summed E-state index contributed by atoms with van der Waals surface area (Å²) < 4.78 is 66.7. The summed E-state index contributed by atoms with van der Waals surface area (Å²) in [4.78, 5) is 0. The van der Waals surface area contributed by atoms with E-state index in [9.17, 15) is 0 Å². The molecule has 43 heavy (non-hydrogen) atoms. The van der Waals surface area contributed by atoms with Crippen LogP contribution in [0.15, 0.2) is 151 Å². The van der Waals surface area contributed by atoms with Gasteiger partial charge >= 0.3 is 0 Å². The SMILES string of the molecule is [2H]c1c([2H])c([2H])c2c(-c3c(C=C)c(C=C)c(-c4ccc(-c5ccc6oc7ccccc7c6c5)cc4)c4ccccc34)c([2H])c([2H])c([2H])c2c1[2H]. The van der Waals surface area contributed by atoms with Gasteiger partial charge in [-0.15, -0.1) is 0 Å². The van der Waals surface area contributed by atoms with Crippen LogP contribution in [-0.2, 0) is 0 Å². The first kappa shape index (κ1) is 18.7. The average molecular weight is 556 g/mol. The highest BCUT2D eigenvalue weighted by molar-refractivity contribution is 6.15. The van der Waals surface area contributed by atoms with Crippen LogP contribution in [0.3, 0.4) is 0 Å². The Balaban J connectivity index is 1.39. The average Bonchev–Trinajstić information content (AvgIpc) is 3.52. The number of fused-ring (bicyclic) bond motifs is 5. The summed E-state index contributed by atoms with van der Waals surface area (Å²) in [6, 6.07) is 27.3. The van der Waals surface area contributed by atoms with Gasteiger partial charge in [0, 0.05) is 10.8 Å². The maximum Gasteiger partial charge on any atom is 0.135 e. The van der Waals surface area contributed by atoms with Crippen molar-refractivity contribution in [2.24, 2.45) is 0 Å². The monoisotopic (exact) mass is 555 g/mol. The minimum Gasteiger partial charge on any atom is -0.456 e. The van der Waals surface area contributed by atoms with E-state index < -0.39 is 30.2 Å². The summed E-state index contributed by atoms with van der Waals surface area (Å²) in [5.41, 5.74) is 7.56. The zero-order valence-electron chi connectivity index (χ0n) is 30.1. The third-order valence-electron chi connectivity index (χ3n) is 8.15. The number of rotatable bonds is 5. The Bertz CT molecular complexity index is 2750. The van der Waals surface area contributed by atoms with Crippen LogP contribution in [0.4, 0.5) is 0 Å². The van der Waals surface area contributed by atoms with Gasteiger partial charge in [-0.25, -0.2) is 0 Å². The molecule has 1 heterocycles. The van der Waals surface area contributed by atoms with Crippen molar-refractivity contribution >= 4 is 55.6 Å². The molecule has 0 saturated carbocycles. The Morgan fingerprint density at radius 2 is 1.12 bits per heavy atom. The summed E-state index contributed by atoms with van der Waals surface area (Å²) >= 11 is 0. The zero-order valence-corrected chi connectivity index (χ0v) is 23.1. The van der Waals surface area contributed by atoms with Crippen LogP contribution in [0, 0.1) is 0 Å². The Morgan fingerprint density at radius 1 is 0.512 bits per heavy atom. The third kappa shape index (κ3) is 3.94. The fourth-order valence-electron chi connectivity index (χ4n) is 6.22. The maximum absolute atomic E-state index is 9.10. The largest absolute Gasteiger partial charge is 0.456 e. The van der Waals surface area contributed by atoms with Crippen LogP contribution in [0.5, 0.6) is 0 Å². The number of para-hydroxylation sites is 1. The Kier molecular flexibility index (Phi) is 4.35. The van der Waals surface area contributed by atoms with Crippen molar-refractivity contribution in [3.8, 4) is 33.4 Å². The molecule has 0 aliphatic carbocycles. The van der Waals surface area contributed by atoms with E-state index in [0.717, 1.165) is 55.1 Å². The molecule has 0 unspecified atom stereocenters. The number of benzene rings is 7. The quantitative estimate of drug-likeness (QED) is 0.206. The van der Waals surface area contributed by atoms with Crippen LogP contribution < -0.4 is 0 Å². The standard InChI is InChI=1S/C42H28O/c1-3-31-32(4-2)42(35-18-11-13-28-12-5-6-14-33(28)35)37-17-8-7-16-36(37)41(31)29-22-20-27(21-23-29)30-24-25-40-38(26-30)34-15-9-10-19-39(34)43-40/h3-26H,1-2H2/i5D,6D,11D,12D,13D,14D,18D. The van der Waals surface area contributed by atoms with Crippen LogP contribution >= 0.6 is 0 Å². The first-order valence-corrected chi connectivity index (χ1v) is 14.0. The molecule has 0 aliphatic rings. The van der Waals surface area contributed by atoms with Gasteiger partial charge in [0.25, 0.3) is 0 Å². The van der Waals surface area contributed by atoms with Gasteiger partial charge in [0.05, 0.1) is 9.60 Å². The van der Waals surface area contributed by atoms with Crippen molar-refractivity contribution in [3.63, 3.8) is 0 Å². The lowest BCUT2D eigenvalue weighted by atomic mass is 9.82. The molecule has 8 rings (SSSR count). The molecule has 1 aromatic heterocycles. The Morgan fingerprint density at radius 3 is 1.91 bits per heavy atom. The molecule has 0 atom stereocenters. The van der Waals surface area contributed by atoms with Crippen LogP contribution in [0.1, 0.15) is 20.7 Å². The molecule has 0 spiro atoms. The zero-order chi connectivity index (χ0) is 35.0. The van der Waals surface area contributed by atoms with Gasteiger partial charge in [-0.05, 0) is 84.3 Å². The van der Waals surface area contributed by atoms with Crippen molar-refractivity contribution < 1.29 is 14.0 Å². The normalized spacial score (nSPS) is 13.7. The molecule has 0 bridgehead atoms. The van der Waals surface area contributed by atoms with Crippen LogP contribution in [0.2, 0.25) is 0 Å². The predicted octanol–water partition coefficient (Wildman–Crippen LogP) is 12.2. The summed E-state index contributed by atoms with van der Waals surface area (Å²) in [5.74, 6) is 0. The molecule has 202 valence electrons. The van der Waals surface area contributed by atoms with Gasteiger partial charge in [0.15, 0.2) is 0 Å². The summed E-state index contributed by atoms with van der Waals surface area (Å²) in [5, 5.41) is 3.60. The molecule has 7 aromatic carbocycles. The molecule has 1 heteroatoms. The number of furan rings is 1. The van der Waals surface area contributed by atoms with Gasteiger partial charge in [-0.1, -0.05) is 140 Å². The van der Waals surface area contributed by atoms with Crippen molar-refractivity contribution in [1.82, 2.24) is 0 Å². The second-order valence-electron chi connectivity index (χ2n) is 10.4. The fourth-order valence-corrected chi connectivity index (χ4v) is 6.22. The first-order valence-electron chi connectivity index (χ1n) is 17.5. The minimum atomic E-state index is -0.489. The van der Waals surface area contributed by atoms with Crippen LogP contribution in [-0.4, -0.2) is 0 Å². The van der Waals surface area contributed by atoms with E-state index in [1.165, 1.54) is 0 Å². The van der Waals surface area contributed by atoms with Crippen molar-refractivity contribution in [1.29, 1.82) is 0 Å². The third-order valence-corrected chi connectivity index (χ3v) is 8.15. The molecule has 1 nitrogen and oxygen atoms in total. The Labute approximate surface area is 260 Å². The number of hydrogen-bond donors (Lipinski definition) is 0. The number of hydrogen-bond acceptors (Lipinski definition) is 1. The molecule has 0 aliphatic heterocycles. The smallest absolute Gasteiger partial charge is 0.135 e. The molecule has 0 fully saturated rings. The molecule has 0 saturated heterocycles. The maximum atomic E-state index is 9.10. The minimum absolute atomic E-state index is 0.0322. The van der Waals surface area contributed by atoms with Gasteiger partial charge in [-0.3, -0.25) is 0 Å². The molecule has 0 radical (unpaired) electrons. The summed E-state index contributed by atoms with van der Waals surface area (Å²) in [6.07, 6.45) is 3.39. The fraction of sp³-hybridized carbons (Fsp3) is 0. The molecule has 0 N–H and O–H groups in total. The van der Waals surface area contributed by atoms with E-state index in [-0.39, 0.29) is 28.4 Å². The highest BCUT2D eigenvalue weighted by Gasteiger charge is 2.20. The lowest BCUT2D eigenvalue weighted by Crippen LogP contribution is -1.96. The second-order valence-corrected chi connectivity index (χ2v) is 10.4. The van der Waals surface area contributed by atoms with E-state index in [0.29, 0.717) is 16.5 Å². The first-order chi connectivity index (χ1) is 24.2. The van der Waals surface area contributed by atoms with Gasteiger partial charge in [-0.2, -0.15) is 0 Å². The highest BCUT2D eigenvalue weighted by Crippen LogP contribution is 2.45. The van der Waals surface area contributed by atoms with Gasteiger partial charge in [0.1, 0.15) is 11.2 Å². The van der Waals surface area contributed by atoms with Gasteiger partial charge < -0.3 is 4.42 Å². The molecular formula is C42H28O. The van der Waals surface area contributed by atoms with Crippen molar-refractivity contribution in [3.05, 3.63) is 158 Å². The summed E-state index contributed by atoms with van der Waals surface area (Å²) in [7, 11) is 0. The van der Waals surface area contributed by atoms with E-state index >= 15 is 0 Å². The van der Waals surface area contributed by atoms with E-state index in [1.54, 1.807) is 12.2 Å². The van der Waals surface area contributed by atoms with E-state index in [4.69, 9.17) is 14.0 Å². The topological polar surface area (TPSA) is 13.1 Å². The summed E-state index contributed by atoms with van der Waals surface area (Å²) in [6.45, 7) is 8.30. The second kappa shape index (κ2) is 10.0. The van der Waals surface area contributed by atoms with Crippen molar-refractivity contribution in [2.45, 2.75) is 0 Å². The highest BCUT2D eigenvalue weighted by atomic mass is 16.3. The Hall–Kier alpha value is -5.66. The van der Waals surface area contributed by atoms with Crippen LogP contribution in [0.25, 0.3) is 89.0 Å². The lowest BCUT2D eigenvalue weighted by molar-refractivity contribution is 0.669. The molecule has 8 aromatic rings. The molecular weight excluding hydrogens is 520 g/mol.